The summed E-state index contributed by atoms with van der Waals surface area (Å²) < 4.78 is 5.48. The molecule has 0 fully saturated rings. The van der Waals surface area contributed by atoms with Gasteiger partial charge in [-0.2, -0.15) is 0 Å². The molecule has 0 amide bonds. The van der Waals surface area contributed by atoms with E-state index in [2.05, 4.69) is 10.5 Å². The predicted molar refractivity (Wildman–Crippen MR) is 103 cm³/mol. The summed E-state index contributed by atoms with van der Waals surface area (Å²) >= 11 is 12.0. The molecule has 0 atom stereocenters. The minimum absolute atomic E-state index is 0.626. The first-order chi connectivity index (χ1) is 12.2. The molecule has 0 bridgehead atoms. The number of nitrogens with zero attached hydrogens (tertiary/aromatic N) is 1. The number of aromatic nitrogens is 1. The summed E-state index contributed by atoms with van der Waals surface area (Å²) in [6.45, 7) is 0.626. The summed E-state index contributed by atoms with van der Waals surface area (Å²) in [5.74, 6) is 0.720. The van der Waals surface area contributed by atoms with Gasteiger partial charge in [-0.25, -0.2) is 0 Å². The molecule has 0 unspecified atom stereocenters. The summed E-state index contributed by atoms with van der Waals surface area (Å²) in [6.07, 6.45) is 0. The number of nitrogens with one attached hydrogen (secondary N) is 1. The minimum atomic E-state index is 0.626. The molecular weight excluding hydrogens is 355 g/mol. The number of rotatable bonds is 4. The summed E-state index contributed by atoms with van der Waals surface area (Å²) in [5.41, 5.74) is 3.96. The van der Waals surface area contributed by atoms with E-state index in [1.54, 1.807) is 0 Å². The van der Waals surface area contributed by atoms with E-state index in [0.29, 0.717) is 6.54 Å². The lowest BCUT2D eigenvalue weighted by atomic mass is 10.0. The average Bonchev–Trinajstić information content (AvgIpc) is 3.03. The van der Waals surface area contributed by atoms with E-state index in [0.717, 1.165) is 43.5 Å². The lowest BCUT2D eigenvalue weighted by Crippen LogP contribution is -1.99. The lowest BCUT2D eigenvalue weighted by molar-refractivity contribution is 0.459. The second-order valence-electron chi connectivity index (χ2n) is 5.73. The molecule has 0 saturated carbocycles. The molecule has 3 aromatic carbocycles. The minimum Gasteiger partial charge on any atom is -0.363 e. The molecule has 0 saturated heterocycles. The standard InChI is InChI=1S/C20H14Cl2N2O/c21-16-7-4-14(5-8-16)15-6-9-18-19(11-15)25-24-20(18)23-12-13-2-1-3-17(22)10-13/h1-11H,12H2,(H,23,24). The number of hydrogen-bond donors (Lipinski definition) is 1. The van der Waals surface area contributed by atoms with Crippen molar-refractivity contribution in [1.82, 2.24) is 5.16 Å². The number of anilines is 1. The third-order valence-corrected chi connectivity index (χ3v) is 4.49. The zero-order valence-corrected chi connectivity index (χ0v) is 14.7. The third-order valence-electron chi connectivity index (χ3n) is 4.00. The van der Waals surface area contributed by atoms with Crippen LogP contribution >= 0.6 is 23.2 Å². The van der Waals surface area contributed by atoms with Gasteiger partial charge in [0.15, 0.2) is 11.4 Å². The van der Waals surface area contributed by atoms with Gasteiger partial charge >= 0.3 is 0 Å². The highest BCUT2D eigenvalue weighted by Gasteiger charge is 2.09. The van der Waals surface area contributed by atoms with Crippen molar-refractivity contribution in [3.63, 3.8) is 0 Å². The van der Waals surface area contributed by atoms with Crippen molar-refractivity contribution in [3.05, 3.63) is 82.3 Å². The van der Waals surface area contributed by atoms with E-state index >= 15 is 0 Å². The third kappa shape index (κ3) is 3.48. The molecule has 1 aromatic heterocycles. The summed E-state index contributed by atoms with van der Waals surface area (Å²) in [5, 5.41) is 9.82. The van der Waals surface area contributed by atoms with E-state index in [1.165, 1.54) is 0 Å². The molecule has 4 rings (SSSR count). The molecule has 0 aliphatic rings. The van der Waals surface area contributed by atoms with Crippen LogP contribution in [0.1, 0.15) is 5.56 Å². The highest BCUT2D eigenvalue weighted by molar-refractivity contribution is 6.30. The van der Waals surface area contributed by atoms with Crippen molar-refractivity contribution >= 4 is 40.0 Å². The Bertz CT molecular complexity index is 1030. The van der Waals surface area contributed by atoms with Crippen molar-refractivity contribution in [2.24, 2.45) is 0 Å². The SMILES string of the molecule is Clc1ccc(-c2ccc3c(NCc4cccc(Cl)c4)noc3c2)cc1. The topological polar surface area (TPSA) is 38.1 Å². The summed E-state index contributed by atoms with van der Waals surface area (Å²) in [6, 6.07) is 21.5. The van der Waals surface area contributed by atoms with E-state index in [-0.39, 0.29) is 0 Å². The van der Waals surface area contributed by atoms with Crippen LogP contribution in [0.5, 0.6) is 0 Å². The molecule has 1 N–H and O–H groups in total. The largest absolute Gasteiger partial charge is 0.363 e. The fourth-order valence-corrected chi connectivity index (χ4v) is 3.06. The zero-order chi connectivity index (χ0) is 17.2. The summed E-state index contributed by atoms with van der Waals surface area (Å²) in [4.78, 5) is 0. The monoisotopic (exact) mass is 368 g/mol. The highest BCUT2D eigenvalue weighted by Crippen LogP contribution is 2.29. The van der Waals surface area contributed by atoms with Crippen LogP contribution in [0.3, 0.4) is 0 Å². The Kier molecular flexibility index (Phi) is 4.35. The van der Waals surface area contributed by atoms with Crippen LogP contribution < -0.4 is 5.32 Å². The molecule has 0 radical (unpaired) electrons. The van der Waals surface area contributed by atoms with Gasteiger partial charge < -0.3 is 9.84 Å². The van der Waals surface area contributed by atoms with Crippen molar-refractivity contribution in [2.75, 3.05) is 5.32 Å². The highest BCUT2D eigenvalue weighted by atomic mass is 35.5. The first kappa shape index (κ1) is 16.0. The molecular formula is C20H14Cl2N2O. The molecule has 0 aliphatic heterocycles. The maximum Gasteiger partial charge on any atom is 0.177 e. The van der Waals surface area contributed by atoms with Gasteiger partial charge in [0.05, 0.1) is 5.39 Å². The van der Waals surface area contributed by atoms with Crippen LogP contribution in [0.2, 0.25) is 10.0 Å². The maximum absolute atomic E-state index is 6.02. The van der Waals surface area contributed by atoms with E-state index in [4.69, 9.17) is 27.7 Å². The molecule has 4 aromatic rings. The Morgan fingerprint density at radius 1 is 0.840 bits per heavy atom. The Labute approximate surface area is 155 Å². The second-order valence-corrected chi connectivity index (χ2v) is 6.61. The normalized spacial score (nSPS) is 11.0. The van der Waals surface area contributed by atoms with E-state index in [1.807, 2.05) is 66.7 Å². The van der Waals surface area contributed by atoms with Gasteiger partial charge in [0.1, 0.15) is 0 Å². The Morgan fingerprint density at radius 2 is 1.64 bits per heavy atom. The molecule has 124 valence electrons. The van der Waals surface area contributed by atoms with Crippen LogP contribution in [0.15, 0.2) is 71.3 Å². The van der Waals surface area contributed by atoms with Crippen molar-refractivity contribution < 1.29 is 4.52 Å². The average molecular weight is 369 g/mol. The number of hydrogen-bond acceptors (Lipinski definition) is 3. The van der Waals surface area contributed by atoms with Gasteiger partial charge in [-0.3, -0.25) is 0 Å². The number of fused-ring (bicyclic) bond motifs is 1. The fraction of sp³-hybridized carbons (Fsp3) is 0.0500. The smallest absolute Gasteiger partial charge is 0.177 e. The molecule has 0 aliphatic carbocycles. The van der Waals surface area contributed by atoms with Gasteiger partial charge in [-0.05, 0) is 53.1 Å². The van der Waals surface area contributed by atoms with Crippen molar-refractivity contribution in [3.8, 4) is 11.1 Å². The second kappa shape index (κ2) is 6.79. The van der Waals surface area contributed by atoms with Crippen molar-refractivity contribution in [1.29, 1.82) is 0 Å². The fourth-order valence-electron chi connectivity index (χ4n) is 2.72. The molecule has 5 heteroatoms. The number of halogens is 2. The van der Waals surface area contributed by atoms with Crippen LogP contribution in [0, 0.1) is 0 Å². The number of benzene rings is 3. The molecule has 1 heterocycles. The van der Waals surface area contributed by atoms with Gasteiger partial charge in [-0.15, -0.1) is 0 Å². The van der Waals surface area contributed by atoms with Gasteiger partial charge in [0, 0.05) is 16.6 Å². The zero-order valence-electron chi connectivity index (χ0n) is 13.2. The Hall–Kier alpha value is -2.49. The molecule has 25 heavy (non-hydrogen) atoms. The molecule has 0 spiro atoms. The first-order valence-electron chi connectivity index (χ1n) is 7.83. The Morgan fingerprint density at radius 3 is 2.44 bits per heavy atom. The van der Waals surface area contributed by atoms with Gasteiger partial charge in [-0.1, -0.05) is 58.7 Å². The van der Waals surface area contributed by atoms with Crippen LogP contribution in [-0.2, 0) is 6.54 Å². The van der Waals surface area contributed by atoms with Gasteiger partial charge in [0.2, 0.25) is 0 Å². The maximum atomic E-state index is 6.02. The quantitative estimate of drug-likeness (QED) is 0.451. The molecule has 3 nitrogen and oxygen atoms in total. The van der Waals surface area contributed by atoms with Gasteiger partial charge in [0.25, 0.3) is 0 Å². The Balaban J connectivity index is 1.58. The van der Waals surface area contributed by atoms with Crippen molar-refractivity contribution in [2.45, 2.75) is 6.54 Å². The van der Waals surface area contributed by atoms with Crippen LogP contribution in [-0.4, -0.2) is 5.16 Å². The lowest BCUT2D eigenvalue weighted by Gasteiger charge is -2.04. The first-order valence-corrected chi connectivity index (χ1v) is 8.58. The summed E-state index contributed by atoms with van der Waals surface area (Å²) in [7, 11) is 0. The van der Waals surface area contributed by atoms with E-state index in [9.17, 15) is 0 Å². The predicted octanol–water partition coefficient (Wildman–Crippen LogP) is 6.41. The van der Waals surface area contributed by atoms with Crippen LogP contribution in [0.4, 0.5) is 5.82 Å². The van der Waals surface area contributed by atoms with Crippen LogP contribution in [0.25, 0.3) is 22.1 Å². The van der Waals surface area contributed by atoms with E-state index < -0.39 is 0 Å².